The van der Waals surface area contributed by atoms with Gasteiger partial charge in [0.15, 0.2) is 0 Å². The fourth-order valence-corrected chi connectivity index (χ4v) is 1.76. The molecule has 0 fully saturated rings. The summed E-state index contributed by atoms with van der Waals surface area (Å²) in [6, 6.07) is 8.54. The third-order valence-corrected chi connectivity index (χ3v) is 2.65. The fourth-order valence-electron chi connectivity index (χ4n) is 1.76. The Kier molecular flexibility index (Phi) is 5.72. The van der Waals surface area contributed by atoms with E-state index < -0.39 is 0 Å². The van der Waals surface area contributed by atoms with Gasteiger partial charge in [0.25, 0.3) is 0 Å². The third-order valence-electron chi connectivity index (χ3n) is 2.65. The highest BCUT2D eigenvalue weighted by molar-refractivity contribution is 5.75. The molecule has 1 heteroatoms. The van der Waals surface area contributed by atoms with Crippen LogP contribution in [0, 0.1) is 0 Å². The second-order valence-corrected chi connectivity index (χ2v) is 4.16. The van der Waals surface area contributed by atoms with E-state index in [9.17, 15) is 0 Å². The molecule has 0 aliphatic heterocycles. The molecule has 0 atom stereocenters. The lowest BCUT2D eigenvalue weighted by Gasteiger charge is -2.14. The summed E-state index contributed by atoms with van der Waals surface area (Å²) in [4.78, 5) is 2.06. The van der Waals surface area contributed by atoms with Gasteiger partial charge in [-0.05, 0) is 35.9 Å². The summed E-state index contributed by atoms with van der Waals surface area (Å²) < 4.78 is 0. The zero-order valence-electron chi connectivity index (χ0n) is 11.3. The van der Waals surface area contributed by atoms with E-state index in [0.717, 1.165) is 6.54 Å². The summed E-state index contributed by atoms with van der Waals surface area (Å²) in [6.45, 7) is 10.4. The van der Waals surface area contributed by atoms with Crippen molar-refractivity contribution in [2.75, 3.05) is 7.05 Å². The molecule has 1 nitrogen and oxygen atoms in total. The maximum absolute atomic E-state index is 3.76. The van der Waals surface area contributed by atoms with Crippen molar-refractivity contribution in [2.45, 2.75) is 13.5 Å². The molecule has 0 aliphatic rings. The highest BCUT2D eigenvalue weighted by Gasteiger charge is 2.00. The van der Waals surface area contributed by atoms with Gasteiger partial charge in [-0.1, -0.05) is 55.7 Å². The monoisotopic (exact) mass is 239 g/mol. The molecule has 94 valence electrons. The molecule has 0 bridgehead atoms. The van der Waals surface area contributed by atoms with Crippen LogP contribution in [0.15, 0.2) is 67.9 Å². The van der Waals surface area contributed by atoms with Gasteiger partial charge in [0, 0.05) is 13.6 Å². The molecular formula is C17H21N. The molecule has 0 aliphatic carbocycles. The summed E-state index contributed by atoms with van der Waals surface area (Å²) in [5, 5.41) is 0. The average molecular weight is 239 g/mol. The number of benzene rings is 1. The van der Waals surface area contributed by atoms with Crippen molar-refractivity contribution in [3.63, 3.8) is 0 Å². The van der Waals surface area contributed by atoms with Crippen LogP contribution in [0.4, 0.5) is 0 Å². The Balaban J connectivity index is 3.02. The molecule has 0 heterocycles. The Hall–Kier alpha value is -2.02. The van der Waals surface area contributed by atoms with Crippen LogP contribution in [0.25, 0.3) is 5.57 Å². The average Bonchev–Trinajstić information content (AvgIpc) is 2.38. The van der Waals surface area contributed by atoms with Crippen LogP contribution in [0.3, 0.4) is 0 Å². The van der Waals surface area contributed by atoms with Crippen molar-refractivity contribution in [1.82, 2.24) is 4.90 Å². The fraction of sp³-hybridized carbons (Fsp3) is 0.176. The summed E-state index contributed by atoms with van der Waals surface area (Å²) in [6.07, 6.45) is 9.81. The minimum Gasteiger partial charge on any atom is -0.377 e. The van der Waals surface area contributed by atoms with Crippen molar-refractivity contribution < 1.29 is 0 Å². The minimum atomic E-state index is 0.870. The molecule has 1 aromatic rings. The van der Waals surface area contributed by atoms with Gasteiger partial charge in [0.05, 0.1) is 0 Å². The van der Waals surface area contributed by atoms with E-state index in [1.54, 1.807) is 0 Å². The molecule has 0 spiro atoms. The predicted octanol–water partition coefficient (Wildman–Crippen LogP) is 4.41. The predicted molar refractivity (Wildman–Crippen MR) is 81.1 cm³/mol. The topological polar surface area (TPSA) is 3.24 Å². The smallest absolute Gasteiger partial charge is 0.0420 e. The van der Waals surface area contributed by atoms with Crippen molar-refractivity contribution in [2.24, 2.45) is 0 Å². The number of allylic oxidation sites excluding steroid dienone is 5. The number of hydrogen-bond acceptors (Lipinski definition) is 1. The van der Waals surface area contributed by atoms with E-state index in [1.807, 2.05) is 38.4 Å². The molecular weight excluding hydrogens is 218 g/mol. The molecule has 0 radical (unpaired) electrons. The maximum atomic E-state index is 3.76. The molecule has 0 saturated heterocycles. The van der Waals surface area contributed by atoms with Crippen molar-refractivity contribution in [3.05, 3.63) is 79.1 Å². The summed E-state index contributed by atoms with van der Waals surface area (Å²) >= 11 is 0. The van der Waals surface area contributed by atoms with E-state index >= 15 is 0 Å². The number of nitrogens with zero attached hydrogens (tertiary/aromatic N) is 1. The van der Waals surface area contributed by atoms with E-state index in [-0.39, 0.29) is 0 Å². The highest BCUT2D eigenvalue weighted by atomic mass is 15.1. The highest BCUT2D eigenvalue weighted by Crippen LogP contribution is 2.18. The van der Waals surface area contributed by atoms with Gasteiger partial charge in [0.2, 0.25) is 0 Å². The molecule has 1 aromatic carbocycles. The Morgan fingerprint density at radius 3 is 2.72 bits per heavy atom. The van der Waals surface area contributed by atoms with Crippen LogP contribution >= 0.6 is 0 Å². The van der Waals surface area contributed by atoms with Crippen LogP contribution < -0.4 is 0 Å². The van der Waals surface area contributed by atoms with Crippen molar-refractivity contribution in [1.29, 1.82) is 0 Å². The first-order valence-electron chi connectivity index (χ1n) is 6.08. The Morgan fingerprint density at radius 2 is 2.11 bits per heavy atom. The van der Waals surface area contributed by atoms with Gasteiger partial charge in [-0.25, -0.2) is 0 Å². The Morgan fingerprint density at radius 1 is 1.33 bits per heavy atom. The summed E-state index contributed by atoms with van der Waals surface area (Å²) in [5.41, 5.74) is 3.66. The summed E-state index contributed by atoms with van der Waals surface area (Å²) in [7, 11) is 2.02. The quantitative estimate of drug-likeness (QED) is 0.665. The van der Waals surface area contributed by atoms with Gasteiger partial charge in [0.1, 0.15) is 0 Å². The first-order valence-corrected chi connectivity index (χ1v) is 6.08. The van der Waals surface area contributed by atoms with Crippen LogP contribution in [0.5, 0.6) is 0 Å². The minimum absolute atomic E-state index is 0.870. The number of hydrogen-bond donors (Lipinski definition) is 0. The lowest BCUT2D eigenvalue weighted by molar-refractivity contribution is 0.452. The zero-order chi connectivity index (χ0) is 13.4. The Bertz CT molecular complexity index is 466. The van der Waals surface area contributed by atoms with Gasteiger partial charge in [-0.15, -0.1) is 0 Å². The van der Waals surface area contributed by atoms with E-state index in [2.05, 4.69) is 48.4 Å². The second kappa shape index (κ2) is 7.33. The molecule has 0 amide bonds. The first-order chi connectivity index (χ1) is 8.71. The lowest BCUT2D eigenvalue weighted by Crippen LogP contribution is -2.09. The first kappa shape index (κ1) is 14.0. The number of rotatable bonds is 6. The third kappa shape index (κ3) is 4.10. The van der Waals surface area contributed by atoms with E-state index in [1.165, 1.54) is 16.7 Å². The van der Waals surface area contributed by atoms with Crippen molar-refractivity contribution in [3.8, 4) is 0 Å². The van der Waals surface area contributed by atoms with Crippen LogP contribution in [0.2, 0.25) is 0 Å². The Labute approximate surface area is 110 Å². The summed E-state index contributed by atoms with van der Waals surface area (Å²) in [5.74, 6) is 0. The molecule has 0 N–H and O–H groups in total. The standard InChI is InChI=1S/C17H21N/c1-5-9-16(10-6-2)17-12-8-11-15(13-17)14-18(4)7-3/h5-13H,1,3,14H2,2,4H3/b10-6-,16-9+. The molecule has 0 aromatic heterocycles. The van der Waals surface area contributed by atoms with E-state index in [0.29, 0.717) is 0 Å². The molecule has 1 rings (SSSR count). The van der Waals surface area contributed by atoms with Crippen LogP contribution in [-0.4, -0.2) is 11.9 Å². The van der Waals surface area contributed by atoms with E-state index in [4.69, 9.17) is 0 Å². The zero-order valence-corrected chi connectivity index (χ0v) is 11.3. The normalized spacial score (nSPS) is 11.6. The van der Waals surface area contributed by atoms with Gasteiger partial charge < -0.3 is 4.90 Å². The lowest BCUT2D eigenvalue weighted by atomic mass is 10.0. The maximum Gasteiger partial charge on any atom is 0.0420 e. The molecule has 18 heavy (non-hydrogen) atoms. The van der Waals surface area contributed by atoms with Crippen LogP contribution in [0.1, 0.15) is 18.1 Å². The van der Waals surface area contributed by atoms with Gasteiger partial charge in [-0.3, -0.25) is 0 Å². The van der Waals surface area contributed by atoms with Gasteiger partial charge in [-0.2, -0.15) is 0 Å². The SMILES string of the molecule is C=C/C=C(\C=C/C)c1cccc(CN(C)C=C)c1. The second-order valence-electron chi connectivity index (χ2n) is 4.16. The van der Waals surface area contributed by atoms with Crippen molar-refractivity contribution >= 4 is 5.57 Å². The molecule has 0 unspecified atom stereocenters. The van der Waals surface area contributed by atoms with Crippen LogP contribution in [-0.2, 0) is 6.54 Å². The molecule has 0 saturated carbocycles. The largest absolute Gasteiger partial charge is 0.377 e. The van der Waals surface area contributed by atoms with Gasteiger partial charge >= 0.3 is 0 Å².